The van der Waals surface area contributed by atoms with Gasteiger partial charge in [-0.15, -0.1) is 0 Å². The number of thioether (sulfide) groups is 1. The van der Waals surface area contributed by atoms with Gasteiger partial charge in [0, 0.05) is 74.5 Å². The van der Waals surface area contributed by atoms with E-state index in [1.54, 1.807) is 12.1 Å². The highest BCUT2D eigenvalue weighted by atomic mass is 35.5. The number of aromatic nitrogens is 2. The Labute approximate surface area is 237 Å². The van der Waals surface area contributed by atoms with E-state index in [1.165, 1.54) is 23.9 Å². The molecule has 2 saturated heterocycles. The highest BCUT2D eigenvalue weighted by Crippen LogP contribution is 2.28. The van der Waals surface area contributed by atoms with E-state index in [4.69, 9.17) is 16.6 Å². The monoisotopic (exact) mass is 566 g/mol. The average Bonchev–Trinajstić information content (AvgIpc) is 2.96. The van der Waals surface area contributed by atoms with Gasteiger partial charge in [-0.2, -0.15) is 0 Å². The van der Waals surface area contributed by atoms with Crippen molar-refractivity contribution in [2.75, 3.05) is 49.1 Å². The number of carbonyl (C=O) groups is 1. The fraction of sp³-hybridized carbons (Fsp3) is 0.393. The lowest BCUT2D eigenvalue weighted by atomic mass is 9.99. The van der Waals surface area contributed by atoms with Gasteiger partial charge in [-0.1, -0.05) is 42.4 Å². The first-order valence-corrected chi connectivity index (χ1v) is 14.5. The van der Waals surface area contributed by atoms with Crippen molar-refractivity contribution in [3.63, 3.8) is 0 Å². The van der Waals surface area contributed by atoms with E-state index < -0.39 is 4.92 Å². The van der Waals surface area contributed by atoms with Crippen molar-refractivity contribution >= 4 is 46.5 Å². The minimum absolute atomic E-state index is 0.0104. The number of hydrogen-bond acceptors (Lipinski definition) is 8. The third kappa shape index (κ3) is 6.80. The highest BCUT2D eigenvalue weighted by molar-refractivity contribution is 7.98. The summed E-state index contributed by atoms with van der Waals surface area (Å²) >= 11 is 7.85. The van der Waals surface area contributed by atoms with Crippen LogP contribution in [0.15, 0.2) is 59.8 Å². The van der Waals surface area contributed by atoms with Gasteiger partial charge >= 0.3 is 0 Å². The van der Waals surface area contributed by atoms with E-state index in [2.05, 4.69) is 21.7 Å². The first-order chi connectivity index (χ1) is 18.9. The predicted molar refractivity (Wildman–Crippen MR) is 155 cm³/mol. The number of rotatable bonds is 7. The molecule has 2 aliphatic heterocycles. The van der Waals surface area contributed by atoms with Gasteiger partial charge in [0.25, 0.3) is 11.6 Å². The van der Waals surface area contributed by atoms with Crippen LogP contribution in [0, 0.1) is 16.0 Å². The summed E-state index contributed by atoms with van der Waals surface area (Å²) in [5.74, 6) is 2.32. The topological polar surface area (TPSA) is 95.7 Å². The maximum atomic E-state index is 13.1. The fourth-order valence-corrected chi connectivity index (χ4v) is 5.91. The molecule has 0 unspecified atom stereocenters. The summed E-state index contributed by atoms with van der Waals surface area (Å²) in [4.78, 5) is 39.0. The van der Waals surface area contributed by atoms with E-state index in [1.807, 2.05) is 35.2 Å². The smallest absolute Gasteiger partial charge is 0.269 e. The molecule has 0 spiro atoms. The van der Waals surface area contributed by atoms with Crippen LogP contribution in [-0.4, -0.2) is 65.0 Å². The first-order valence-electron chi connectivity index (χ1n) is 13.2. The van der Waals surface area contributed by atoms with E-state index in [0.29, 0.717) is 47.8 Å². The molecule has 0 saturated carbocycles. The summed E-state index contributed by atoms with van der Waals surface area (Å²) in [5.41, 5.74) is 2.74. The van der Waals surface area contributed by atoms with E-state index >= 15 is 0 Å². The molecule has 0 N–H and O–H groups in total. The Morgan fingerprint density at radius 3 is 2.28 bits per heavy atom. The van der Waals surface area contributed by atoms with Crippen molar-refractivity contribution in [2.45, 2.75) is 30.7 Å². The first kappa shape index (κ1) is 27.2. The van der Waals surface area contributed by atoms with Crippen LogP contribution in [0.5, 0.6) is 0 Å². The summed E-state index contributed by atoms with van der Waals surface area (Å²) in [7, 11) is 0. The number of non-ortho nitro benzene ring substituents is 1. The lowest BCUT2D eigenvalue weighted by Crippen LogP contribution is -2.48. The van der Waals surface area contributed by atoms with Gasteiger partial charge in [0.2, 0.25) is 0 Å². The van der Waals surface area contributed by atoms with Crippen molar-refractivity contribution in [2.24, 2.45) is 5.92 Å². The van der Waals surface area contributed by atoms with Crippen LogP contribution >= 0.6 is 23.4 Å². The number of carbonyl (C=O) groups excluding carboxylic acids is 1. The van der Waals surface area contributed by atoms with E-state index in [-0.39, 0.29) is 11.6 Å². The molecule has 3 aromatic rings. The number of nitrogens with zero attached hydrogens (tertiary/aromatic N) is 6. The number of piperazine rings is 1. The Kier molecular flexibility index (Phi) is 8.52. The Balaban J connectivity index is 1.13. The van der Waals surface area contributed by atoms with Gasteiger partial charge in [0.1, 0.15) is 11.0 Å². The molecule has 3 heterocycles. The molecule has 39 heavy (non-hydrogen) atoms. The van der Waals surface area contributed by atoms with Crippen molar-refractivity contribution in [3.8, 4) is 0 Å². The largest absolute Gasteiger partial charge is 0.368 e. The third-order valence-corrected chi connectivity index (χ3v) is 8.44. The Bertz CT molecular complexity index is 1310. The Morgan fingerprint density at radius 2 is 1.64 bits per heavy atom. The predicted octanol–water partition coefficient (Wildman–Crippen LogP) is 5.53. The summed E-state index contributed by atoms with van der Waals surface area (Å²) < 4.78 is 0. The van der Waals surface area contributed by atoms with Crippen LogP contribution in [0.4, 0.5) is 17.2 Å². The zero-order chi connectivity index (χ0) is 27.4. The molecular weight excluding hydrogens is 536 g/mol. The van der Waals surface area contributed by atoms with Gasteiger partial charge in [-0.25, -0.2) is 9.97 Å². The summed E-state index contributed by atoms with van der Waals surface area (Å²) in [6.07, 6.45) is 2.31. The minimum Gasteiger partial charge on any atom is -0.368 e. The van der Waals surface area contributed by atoms with Gasteiger partial charge < -0.3 is 14.7 Å². The van der Waals surface area contributed by atoms with Gasteiger partial charge in [0.15, 0.2) is 5.16 Å². The van der Waals surface area contributed by atoms with E-state index in [0.717, 1.165) is 48.9 Å². The summed E-state index contributed by atoms with van der Waals surface area (Å²) in [6, 6.07) is 16.1. The number of anilines is 2. The summed E-state index contributed by atoms with van der Waals surface area (Å²) in [6.45, 7) is 6.80. The standard InChI is InChI=1S/C28H31ClN6O3S/c1-20-10-12-33(13-11-20)26-18-25(29)30-28(31-26)39-19-21-2-4-22(5-3-21)27(36)34-16-14-32(15-17-34)23-6-8-24(9-7-23)35(37)38/h2-9,18,20H,10-17,19H2,1H3. The molecule has 0 radical (unpaired) electrons. The zero-order valence-electron chi connectivity index (χ0n) is 21.8. The minimum atomic E-state index is -0.401. The lowest BCUT2D eigenvalue weighted by Gasteiger charge is -2.36. The number of piperidine rings is 1. The number of amides is 1. The van der Waals surface area contributed by atoms with Gasteiger partial charge in [-0.05, 0) is 48.6 Å². The van der Waals surface area contributed by atoms with Crippen molar-refractivity contribution in [1.82, 2.24) is 14.9 Å². The fourth-order valence-electron chi connectivity index (χ4n) is 4.88. The van der Waals surface area contributed by atoms with Crippen LogP contribution in [-0.2, 0) is 5.75 Å². The molecule has 1 aromatic heterocycles. The number of hydrogen-bond donors (Lipinski definition) is 0. The second-order valence-corrected chi connectivity index (χ2v) is 11.4. The van der Waals surface area contributed by atoms with Crippen LogP contribution in [0.3, 0.4) is 0 Å². The van der Waals surface area contributed by atoms with Crippen LogP contribution < -0.4 is 9.80 Å². The highest BCUT2D eigenvalue weighted by Gasteiger charge is 2.23. The lowest BCUT2D eigenvalue weighted by molar-refractivity contribution is -0.384. The summed E-state index contributed by atoms with van der Waals surface area (Å²) in [5, 5.41) is 12.0. The van der Waals surface area contributed by atoms with Crippen LogP contribution in [0.25, 0.3) is 0 Å². The Hall–Kier alpha value is -3.37. The maximum Gasteiger partial charge on any atom is 0.269 e. The number of nitro groups is 1. The molecule has 5 rings (SSSR count). The number of nitro benzene ring substituents is 1. The quantitative estimate of drug-likeness (QED) is 0.121. The molecule has 2 fully saturated rings. The van der Waals surface area contributed by atoms with Crippen molar-refractivity contribution < 1.29 is 9.72 Å². The zero-order valence-corrected chi connectivity index (χ0v) is 23.4. The van der Waals surface area contributed by atoms with Crippen LogP contribution in [0.1, 0.15) is 35.7 Å². The molecule has 1 amide bonds. The molecule has 9 nitrogen and oxygen atoms in total. The molecule has 11 heteroatoms. The molecule has 0 atom stereocenters. The van der Waals surface area contributed by atoms with Crippen molar-refractivity contribution in [3.05, 3.63) is 81.0 Å². The maximum absolute atomic E-state index is 13.1. The molecular formula is C28H31ClN6O3S. The molecule has 2 aromatic carbocycles. The van der Waals surface area contributed by atoms with Gasteiger partial charge in [-0.3, -0.25) is 14.9 Å². The second kappa shape index (κ2) is 12.2. The second-order valence-electron chi connectivity index (χ2n) is 10.0. The SMILES string of the molecule is CC1CCN(c2cc(Cl)nc(SCc3ccc(C(=O)N4CCN(c5ccc([N+](=O)[O-])cc5)CC4)cc3)n2)CC1. The Morgan fingerprint density at radius 1 is 0.974 bits per heavy atom. The number of benzene rings is 2. The van der Waals surface area contributed by atoms with Gasteiger partial charge in [0.05, 0.1) is 4.92 Å². The normalized spacial score (nSPS) is 16.4. The molecule has 2 aliphatic rings. The van der Waals surface area contributed by atoms with Crippen LogP contribution in [0.2, 0.25) is 5.15 Å². The number of halogens is 1. The molecule has 0 bridgehead atoms. The molecule has 0 aliphatic carbocycles. The average molecular weight is 567 g/mol. The third-order valence-electron chi connectivity index (χ3n) is 7.33. The molecule has 204 valence electrons. The van der Waals surface area contributed by atoms with E-state index in [9.17, 15) is 14.9 Å². The van der Waals surface area contributed by atoms with Crippen molar-refractivity contribution in [1.29, 1.82) is 0 Å².